The fraction of sp³-hybridized carbons (Fsp3) is 0.308. The standard InChI is InChI=1S/C26H28Cl2N4O2/c1-17(24-21(27)8-5-9-22(24)28)34-23-15-20(16-31-25(23)29)18-6-4-7-19(14-18)26(33)30-10-13-32-11-2-3-12-32/h4-9,14-17H,2-3,10-13H2,1H3,(H2,29,31)(H,30,33). The summed E-state index contributed by atoms with van der Waals surface area (Å²) in [5.74, 6) is 0.582. The maximum absolute atomic E-state index is 12.7. The van der Waals surface area contributed by atoms with E-state index < -0.39 is 6.10 Å². The Bertz CT molecular complexity index is 1150. The van der Waals surface area contributed by atoms with Gasteiger partial charge in [0.25, 0.3) is 5.91 Å². The minimum Gasteiger partial charge on any atom is -0.482 e. The predicted octanol–water partition coefficient (Wildman–Crippen LogP) is 5.60. The summed E-state index contributed by atoms with van der Waals surface area (Å²) in [6, 6.07) is 14.6. The zero-order valence-corrected chi connectivity index (χ0v) is 20.6. The molecule has 0 aliphatic carbocycles. The smallest absolute Gasteiger partial charge is 0.251 e. The molecule has 0 radical (unpaired) electrons. The van der Waals surface area contributed by atoms with E-state index in [1.165, 1.54) is 12.8 Å². The second-order valence-electron chi connectivity index (χ2n) is 8.39. The van der Waals surface area contributed by atoms with E-state index in [-0.39, 0.29) is 11.7 Å². The molecule has 1 aromatic heterocycles. The summed E-state index contributed by atoms with van der Waals surface area (Å²) in [6.45, 7) is 5.59. The van der Waals surface area contributed by atoms with Gasteiger partial charge in [0.15, 0.2) is 11.6 Å². The van der Waals surface area contributed by atoms with Crippen molar-refractivity contribution in [3.8, 4) is 16.9 Å². The minimum absolute atomic E-state index is 0.0945. The van der Waals surface area contributed by atoms with Crippen molar-refractivity contribution >= 4 is 34.9 Å². The van der Waals surface area contributed by atoms with Gasteiger partial charge in [-0.05, 0) is 68.8 Å². The fourth-order valence-electron chi connectivity index (χ4n) is 4.13. The molecule has 1 amide bonds. The Hall–Kier alpha value is -2.80. The van der Waals surface area contributed by atoms with Crippen LogP contribution in [0.5, 0.6) is 5.75 Å². The van der Waals surface area contributed by atoms with Gasteiger partial charge in [-0.15, -0.1) is 0 Å². The summed E-state index contributed by atoms with van der Waals surface area (Å²) >= 11 is 12.7. The lowest BCUT2D eigenvalue weighted by Gasteiger charge is -2.19. The van der Waals surface area contributed by atoms with Crippen LogP contribution in [0, 0.1) is 0 Å². The molecule has 2 heterocycles. The Balaban J connectivity index is 1.48. The van der Waals surface area contributed by atoms with Gasteiger partial charge >= 0.3 is 0 Å². The van der Waals surface area contributed by atoms with Crippen LogP contribution < -0.4 is 15.8 Å². The molecule has 1 aliphatic heterocycles. The molecule has 1 aliphatic rings. The molecule has 1 fully saturated rings. The van der Waals surface area contributed by atoms with Gasteiger partial charge in [-0.25, -0.2) is 4.98 Å². The SMILES string of the molecule is CC(Oc1cc(-c2cccc(C(=O)NCCN3CCCC3)c2)cnc1N)c1c(Cl)cccc1Cl. The summed E-state index contributed by atoms with van der Waals surface area (Å²) in [5.41, 5.74) is 8.99. The molecular formula is C26H28Cl2N4O2. The van der Waals surface area contributed by atoms with Crippen LogP contribution in [0.25, 0.3) is 11.1 Å². The maximum atomic E-state index is 12.7. The van der Waals surface area contributed by atoms with Crippen molar-refractivity contribution in [2.24, 2.45) is 0 Å². The molecule has 0 bridgehead atoms. The lowest BCUT2D eigenvalue weighted by Crippen LogP contribution is -2.33. The molecule has 3 aromatic rings. The van der Waals surface area contributed by atoms with Crippen LogP contribution in [0.15, 0.2) is 54.7 Å². The average molecular weight is 499 g/mol. The van der Waals surface area contributed by atoms with E-state index in [9.17, 15) is 4.79 Å². The van der Waals surface area contributed by atoms with Crippen LogP contribution in [0.1, 0.15) is 41.8 Å². The monoisotopic (exact) mass is 498 g/mol. The molecule has 0 saturated carbocycles. The zero-order chi connectivity index (χ0) is 24.1. The third kappa shape index (κ3) is 5.81. The molecule has 4 rings (SSSR count). The van der Waals surface area contributed by atoms with Crippen LogP contribution in [0.2, 0.25) is 10.0 Å². The molecule has 3 N–H and O–H groups in total. The highest BCUT2D eigenvalue weighted by atomic mass is 35.5. The van der Waals surface area contributed by atoms with Crippen LogP contribution in [0.4, 0.5) is 5.82 Å². The number of anilines is 1. The first-order valence-electron chi connectivity index (χ1n) is 11.4. The van der Waals surface area contributed by atoms with Gasteiger partial charge in [0.2, 0.25) is 0 Å². The Morgan fingerprint density at radius 2 is 1.82 bits per heavy atom. The molecule has 1 atom stereocenters. The number of halogens is 2. The number of carbonyl (C=O) groups excluding carboxylic acids is 1. The first-order chi connectivity index (χ1) is 16.4. The van der Waals surface area contributed by atoms with Crippen molar-refractivity contribution in [3.05, 3.63) is 75.9 Å². The van der Waals surface area contributed by atoms with E-state index in [0.29, 0.717) is 33.5 Å². The quantitative estimate of drug-likeness (QED) is 0.422. The van der Waals surface area contributed by atoms with E-state index in [1.807, 2.05) is 31.2 Å². The lowest BCUT2D eigenvalue weighted by atomic mass is 10.0. The van der Waals surface area contributed by atoms with Crippen LogP contribution >= 0.6 is 23.2 Å². The Morgan fingerprint density at radius 1 is 1.12 bits per heavy atom. The summed E-state index contributed by atoms with van der Waals surface area (Å²) < 4.78 is 6.09. The highest BCUT2D eigenvalue weighted by molar-refractivity contribution is 6.36. The first kappa shape index (κ1) is 24.3. The molecule has 1 unspecified atom stereocenters. The van der Waals surface area contributed by atoms with Gasteiger partial charge in [-0.2, -0.15) is 0 Å². The highest BCUT2D eigenvalue weighted by Crippen LogP contribution is 2.35. The van der Waals surface area contributed by atoms with Crippen molar-refractivity contribution in [1.29, 1.82) is 0 Å². The number of hydrogen-bond acceptors (Lipinski definition) is 5. The number of carbonyl (C=O) groups is 1. The van der Waals surface area contributed by atoms with Gasteiger partial charge in [0, 0.05) is 46.0 Å². The number of nitrogen functional groups attached to an aromatic ring is 1. The van der Waals surface area contributed by atoms with E-state index in [4.69, 9.17) is 33.7 Å². The number of nitrogens with one attached hydrogen (secondary N) is 1. The lowest BCUT2D eigenvalue weighted by molar-refractivity contribution is 0.0950. The number of nitrogens with two attached hydrogens (primary N) is 1. The van der Waals surface area contributed by atoms with Crippen LogP contribution in [0.3, 0.4) is 0 Å². The first-order valence-corrected chi connectivity index (χ1v) is 12.1. The van der Waals surface area contributed by atoms with Crippen LogP contribution in [-0.4, -0.2) is 42.0 Å². The number of nitrogens with zero attached hydrogens (tertiary/aromatic N) is 2. The summed E-state index contributed by atoms with van der Waals surface area (Å²) in [5, 5.41) is 4.05. The van der Waals surface area contributed by atoms with Crippen molar-refractivity contribution in [3.63, 3.8) is 0 Å². The third-order valence-corrected chi connectivity index (χ3v) is 6.62. The second-order valence-corrected chi connectivity index (χ2v) is 9.20. The minimum atomic E-state index is -0.437. The number of ether oxygens (including phenoxy) is 1. The molecule has 2 aromatic carbocycles. The fourth-order valence-corrected chi connectivity index (χ4v) is 4.84. The van der Waals surface area contributed by atoms with Crippen molar-refractivity contribution in [2.45, 2.75) is 25.9 Å². The van der Waals surface area contributed by atoms with Gasteiger partial charge < -0.3 is 20.7 Å². The molecule has 34 heavy (non-hydrogen) atoms. The molecule has 6 nitrogen and oxygen atoms in total. The number of hydrogen-bond donors (Lipinski definition) is 2. The van der Waals surface area contributed by atoms with Crippen molar-refractivity contribution < 1.29 is 9.53 Å². The number of amides is 1. The van der Waals surface area contributed by atoms with Crippen molar-refractivity contribution in [2.75, 3.05) is 31.9 Å². The topological polar surface area (TPSA) is 80.5 Å². The molecule has 8 heteroatoms. The van der Waals surface area contributed by atoms with E-state index in [0.717, 1.165) is 30.8 Å². The Labute approximate surface area is 210 Å². The van der Waals surface area contributed by atoms with Gasteiger partial charge in [0.1, 0.15) is 6.10 Å². The van der Waals surface area contributed by atoms with E-state index >= 15 is 0 Å². The number of likely N-dealkylation sites (tertiary alicyclic amines) is 1. The zero-order valence-electron chi connectivity index (χ0n) is 19.1. The summed E-state index contributed by atoms with van der Waals surface area (Å²) in [4.78, 5) is 19.3. The molecule has 178 valence electrons. The number of aromatic nitrogens is 1. The Morgan fingerprint density at radius 3 is 2.56 bits per heavy atom. The van der Waals surface area contributed by atoms with E-state index in [1.54, 1.807) is 30.5 Å². The van der Waals surface area contributed by atoms with E-state index in [2.05, 4.69) is 15.2 Å². The summed E-state index contributed by atoms with van der Waals surface area (Å²) in [6.07, 6.45) is 3.70. The van der Waals surface area contributed by atoms with Gasteiger partial charge in [-0.3, -0.25) is 4.79 Å². The molecule has 1 saturated heterocycles. The normalized spacial score (nSPS) is 14.7. The third-order valence-electron chi connectivity index (χ3n) is 5.96. The highest BCUT2D eigenvalue weighted by Gasteiger charge is 2.18. The van der Waals surface area contributed by atoms with Crippen LogP contribution in [-0.2, 0) is 0 Å². The second kappa shape index (κ2) is 11.1. The number of rotatable bonds is 8. The Kier molecular flexibility index (Phi) is 7.93. The van der Waals surface area contributed by atoms with Crippen molar-refractivity contribution in [1.82, 2.24) is 15.2 Å². The molecular weight excluding hydrogens is 471 g/mol. The van der Waals surface area contributed by atoms with Gasteiger partial charge in [-0.1, -0.05) is 41.4 Å². The maximum Gasteiger partial charge on any atom is 0.251 e. The molecule has 0 spiro atoms. The largest absolute Gasteiger partial charge is 0.482 e. The average Bonchev–Trinajstić information content (AvgIpc) is 3.34. The van der Waals surface area contributed by atoms with Gasteiger partial charge in [0.05, 0.1) is 0 Å². The number of pyridine rings is 1. The number of benzene rings is 2. The summed E-state index contributed by atoms with van der Waals surface area (Å²) in [7, 11) is 0. The predicted molar refractivity (Wildman–Crippen MR) is 138 cm³/mol.